The lowest BCUT2D eigenvalue weighted by Crippen LogP contribution is -2.01. The topological polar surface area (TPSA) is 42.4 Å². The van der Waals surface area contributed by atoms with Gasteiger partial charge in [0.1, 0.15) is 6.10 Å². The second kappa shape index (κ2) is 6.87. The molecule has 3 heteroatoms. The highest BCUT2D eigenvalue weighted by Crippen LogP contribution is 2.35. The van der Waals surface area contributed by atoms with Crippen molar-refractivity contribution < 1.29 is 9.84 Å². The van der Waals surface area contributed by atoms with Crippen molar-refractivity contribution in [3.8, 4) is 17.0 Å². The molecule has 142 valence electrons. The quantitative estimate of drug-likeness (QED) is 0.455. The summed E-state index contributed by atoms with van der Waals surface area (Å²) in [7, 11) is 1.63. The number of hydrogen-bond donors (Lipinski definition) is 1. The van der Waals surface area contributed by atoms with Gasteiger partial charge < -0.3 is 9.84 Å². The Morgan fingerprint density at radius 1 is 0.897 bits per heavy atom. The number of ether oxygens (including phenoxy) is 1. The zero-order valence-electron chi connectivity index (χ0n) is 16.4. The molecule has 0 spiro atoms. The molecule has 0 amide bonds. The number of aliphatic hydroxyl groups excluding tert-OH is 1. The van der Waals surface area contributed by atoms with Gasteiger partial charge in [0.15, 0.2) is 0 Å². The minimum atomic E-state index is -0.703. The number of aromatic nitrogens is 1. The van der Waals surface area contributed by atoms with E-state index in [2.05, 4.69) is 60.5 Å². The highest BCUT2D eigenvalue weighted by atomic mass is 16.5. The van der Waals surface area contributed by atoms with Crippen LogP contribution in [-0.4, -0.2) is 17.2 Å². The van der Waals surface area contributed by atoms with E-state index in [1.54, 1.807) is 7.11 Å². The molecule has 6 bridgehead atoms. The number of methoxy groups -OCH3 is 1. The molecule has 1 aromatic heterocycles. The fourth-order valence-electron chi connectivity index (χ4n) is 3.93. The van der Waals surface area contributed by atoms with Gasteiger partial charge in [-0.2, -0.15) is 0 Å². The molecule has 3 aromatic carbocycles. The number of hydrogen-bond acceptors (Lipinski definition) is 3. The lowest BCUT2D eigenvalue weighted by molar-refractivity contribution is 0.220. The highest BCUT2D eigenvalue weighted by Gasteiger charge is 2.16. The van der Waals surface area contributed by atoms with Crippen molar-refractivity contribution in [1.82, 2.24) is 4.98 Å². The van der Waals surface area contributed by atoms with E-state index in [4.69, 9.17) is 4.74 Å². The first-order valence-corrected chi connectivity index (χ1v) is 9.68. The summed E-state index contributed by atoms with van der Waals surface area (Å²) in [5, 5.41) is 12.1. The summed E-state index contributed by atoms with van der Waals surface area (Å²) in [5.74, 6) is 0.577. The molecule has 0 saturated heterocycles. The van der Waals surface area contributed by atoms with Gasteiger partial charge in [-0.1, -0.05) is 48.6 Å². The molecule has 5 rings (SSSR count). The monoisotopic (exact) mass is 379 g/mol. The maximum atomic E-state index is 11.1. The highest BCUT2D eigenvalue weighted by molar-refractivity contribution is 5.96. The standard InChI is InChI=1S/C26H21NO2/c1-16-6-8-20-13-18(16)9-7-17-4-3-5-19(12-17)22-15-25(29-2)27-24-11-10-21(26(20)28)14-23(22)24/h3-15,26,28H,1-2H3/b9-7+. The van der Waals surface area contributed by atoms with Gasteiger partial charge in [0.25, 0.3) is 0 Å². The Balaban J connectivity index is 1.86. The molecular formula is C26H21NO2. The van der Waals surface area contributed by atoms with Gasteiger partial charge in [-0.25, -0.2) is 4.98 Å². The fourth-order valence-corrected chi connectivity index (χ4v) is 3.93. The Bertz CT molecular complexity index is 1270. The van der Waals surface area contributed by atoms with Crippen LogP contribution in [0, 0.1) is 6.92 Å². The molecule has 1 N–H and O–H groups in total. The van der Waals surface area contributed by atoms with E-state index < -0.39 is 6.10 Å². The van der Waals surface area contributed by atoms with Crippen LogP contribution in [0.15, 0.2) is 66.7 Å². The van der Waals surface area contributed by atoms with Gasteiger partial charge >= 0.3 is 0 Å². The van der Waals surface area contributed by atoms with Crippen LogP contribution in [0.25, 0.3) is 34.2 Å². The van der Waals surface area contributed by atoms with Gasteiger partial charge in [0.2, 0.25) is 5.88 Å². The number of nitrogens with zero attached hydrogens (tertiary/aromatic N) is 1. The summed E-state index contributed by atoms with van der Waals surface area (Å²) >= 11 is 0. The van der Waals surface area contributed by atoms with Crippen LogP contribution in [0.5, 0.6) is 5.88 Å². The molecule has 3 nitrogen and oxygen atoms in total. The summed E-state index contributed by atoms with van der Waals surface area (Å²) in [6, 6.07) is 22.5. The minimum absolute atomic E-state index is 0.577. The van der Waals surface area contributed by atoms with Crippen LogP contribution in [0.3, 0.4) is 0 Å². The van der Waals surface area contributed by atoms with Crippen LogP contribution in [-0.2, 0) is 0 Å². The smallest absolute Gasteiger partial charge is 0.214 e. The Morgan fingerprint density at radius 3 is 2.59 bits per heavy atom. The average molecular weight is 379 g/mol. The second-order valence-electron chi connectivity index (χ2n) is 7.47. The molecule has 1 heterocycles. The van der Waals surface area contributed by atoms with Crippen LogP contribution >= 0.6 is 0 Å². The van der Waals surface area contributed by atoms with Gasteiger partial charge in [0, 0.05) is 11.5 Å². The van der Waals surface area contributed by atoms with E-state index in [1.807, 2.05) is 30.3 Å². The number of aryl methyl sites for hydroxylation is 1. The van der Waals surface area contributed by atoms with Crippen LogP contribution < -0.4 is 4.74 Å². The van der Waals surface area contributed by atoms with Crippen LogP contribution in [0.1, 0.15) is 33.9 Å². The van der Waals surface area contributed by atoms with E-state index in [0.717, 1.165) is 44.3 Å². The third-order valence-corrected chi connectivity index (χ3v) is 5.61. The predicted octanol–water partition coefficient (Wildman–Crippen LogP) is 5.78. The van der Waals surface area contributed by atoms with Crippen molar-refractivity contribution in [1.29, 1.82) is 0 Å². The number of rotatable bonds is 1. The van der Waals surface area contributed by atoms with Gasteiger partial charge in [-0.15, -0.1) is 0 Å². The average Bonchev–Trinajstić information content (AvgIpc) is 2.77. The van der Waals surface area contributed by atoms with E-state index in [-0.39, 0.29) is 0 Å². The Hall–Kier alpha value is -3.43. The third-order valence-electron chi connectivity index (χ3n) is 5.61. The Labute approximate surface area is 169 Å². The molecule has 1 atom stereocenters. The van der Waals surface area contributed by atoms with Crippen molar-refractivity contribution in [3.63, 3.8) is 0 Å². The summed E-state index contributed by atoms with van der Waals surface area (Å²) in [6.07, 6.45) is 3.53. The molecule has 0 saturated carbocycles. The first kappa shape index (κ1) is 17.7. The summed E-state index contributed by atoms with van der Waals surface area (Å²) in [6.45, 7) is 2.09. The fraction of sp³-hybridized carbons (Fsp3) is 0.115. The molecule has 4 aromatic rings. The van der Waals surface area contributed by atoms with Gasteiger partial charge in [0.05, 0.1) is 12.6 Å². The predicted molar refractivity (Wildman–Crippen MR) is 118 cm³/mol. The summed E-state index contributed by atoms with van der Waals surface area (Å²) in [4.78, 5) is 4.60. The summed E-state index contributed by atoms with van der Waals surface area (Å²) in [5.41, 5.74) is 8.10. The maximum absolute atomic E-state index is 11.1. The van der Waals surface area contributed by atoms with Gasteiger partial charge in [-0.05, 0) is 70.1 Å². The third kappa shape index (κ3) is 3.10. The normalized spacial score (nSPS) is 16.0. The minimum Gasteiger partial charge on any atom is -0.481 e. The van der Waals surface area contributed by atoms with E-state index in [9.17, 15) is 5.11 Å². The molecule has 29 heavy (non-hydrogen) atoms. The number of pyridine rings is 1. The number of fused-ring (bicyclic) bond motifs is 6. The molecule has 0 radical (unpaired) electrons. The van der Waals surface area contributed by atoms with Crippen molar-refractivity contribution in [2.45, 2.75) is 13.0 Å². The largest absolute Gasteiger partial charge is 0.481 e. The van der Waals surface area contributed by atoms with Gasteiger partial charge in [-0.3, -0.25) is 0 Å². The SMILES string of the molecule is COc1cc2c3cc(ccc3n1)C(O)c1ccc(C)c(c1)/C=C/c1cccc-2c1. The van der Waals surface area contributed by atoms with E-state index in [1.165, 1.54) is 5.56 Å². The van der Waals surface area contributed by atoms with Crippen molar-refractivity contribution in [2.24, 2.45) is 0 Å². The number of benzene rings is 3. The van der Waals surface area contributed by atoms with Crippen molar-refractivity contribution >= 4 is 23.1 Å². The van der Waals surface area contributed by atoms with Crippen molar-refractivity contribution in [3.05, 3.63) is 94.5 Å². The molecule has 1 aliphatic rings. The molecule has 0 aliphatic heterocycles. The van der Waals surface area contributed by atoms with Crippen LogP contribution in [0.4, 0.5) is 0 Å². The maximum Gasteiger partial charge on any atom is 0.214 e. The lowest BCUT2D eigenvalue weighted by Gasteiger charge is -2.15. The zero-order valence-corrected chi connectivity index (χ0v) is 16.4. The number of aliphatic hydroxyl groups is 1. The Morgan fingerprint density at radius 2 is 1.72 bits per heavy atom. The summed E-state index contributed by atoms with van der Waals surface area (Å²) < 4.78 is 5.44. The molecular weight excluding hydrogens is 358 g/mol. The molecule has 1 aliphatic carbocycles. The van der Waals surface area contributed by atoms with E-state index >= 15 is 0 Å². The molecule has 0 fully saturated rings. The van der Waals surface area contributed by atoms with Crippen LogP contribution in [0.2, 0.25) is 0 Å². The first-order chi connectivity index (χ1) is 14.1. The van der Waals surface area contributed by atoms with Crippen molar-refractivity contribution in [2.75, 3.05) is 7.11 Å². The lowest BCUT2D eigenvalue weighted by atomic mass is 9.94. The first-order valence-electron chi connectivity index (χ1n) is 9.68. The molecule has 1 unspecified atom stereocenters. The zero-order chi connectivity index (χ0) is 20.0. The second-order valence-corrected chi connectivity index (χ2v) is 7.47. The van der Waals surface area contributed by atoms with E-state index in [0.29, 0.717) is 5.88 Å². The Kier molecular flexibility index (Phi) is 4.18.